The average Bonchev–Trinajstić information content (AvgIpc) is 3.49. The lowest BCUT2D eigenvalue weighted by molar-refractivity contribution is -0.431. The first-order valence-electron chi connectivity index (χ1n) is 17.2. The minimum atomic E-state index is -1.78. The van der Waals surface area contributed by atoms with Crippen LogP contribution in [0.2, 0.25) is 0 Å². The van der Waals surface area contributed by atoms with Crippen molar-refractivity contribution < 1.29 is 47.4 Å². The summed E-state index contributed by atoms with van der Waals surface area (Å²) in [5.41, 5.74) is -4.01. The van der Waals surface area contributed by atoms with Gasteiger partial charge in [0.15, 0.2) is 34.6 Å². The van der Waals surface area contributed by atoms with E-state index in [0.717, 1.165) is 22.3 Å². The Morgan fingerprint density at radius 2 is 0.882 bits per heavy atom. The molecule has 3 aliphatic rings. The van der Waals surface area contributed by atoms with Crippen molar-refractivity contribution in [2.75, 3.05) is 56.9 Å². The topological polar surface area (TPSA) is 92.3 Å². The van der Waals surface area contributed by atoms with Crippen LogP contribution in [0.1, 0.15) is 37.8 Å². The normalized spacial score (nSPS) is 32.5. The van der Waals surface area contributed by atoms with Gasteiger partial charge in [0.05, 0.1) is 17.9 Å². The van der Waals surface area contributed by atoms with Crippen LogP contribution in [0.4, 0.5) is 0 Å². The minimum Gasteiger partial charge on any atom is -0.491 e. The SMILES string of the molecule is C=COC1C=CC(OC)(C2(C3(OC)C=CC(OC=C)C(CC)(OC)C3(OC)OC)c3ccccc3-c3ccccc32)C(OC)(OC)C1(CC)OC. The second-order valence-corrected chi connectivity index (χ2v) is 12.8. The van der Waals surface area contributed by atoms with Crippen molar-refractivity contribution >= 4 is 0 Å². The van der Waals surface area contributed by atoms with Gasteiger partial charge in [-0.15, -0.1) is 0 Å². The number of hydrogen-bond donors (Lipinski definition) is 0. The zero-order chi connectivity index (χ0) is 37.3. The summed E-state index contributed by atoms with van der Waals surface area (Å²) in [6.07, 6.45) is 9.79. The van der Waals surface area contributed by atoms with E-state index in [0.29, 0.717) is 12.8 Å². The summed E-state index contributed by atoms with van der Waals surface area (Å²) in [6.45, 7) is 11.7. The third kappa shape index (κ3) is 4.22. The van der Waals surface area contributed by atoms with Crippen LogP contribution in [-0.2, 0) is 52.8 Å². The van der Waals surface area contributed by atoms with Gasteiger partial charge in [-0.05, 0) is 59.4 Å². The summed E-state index contributed by atoms with van der Waals surface area (Å²) in [6, 6.07) is 16.3. The molecule has 0 saturated heterocycles. The van der Waals surface area contributed by atoms with E-state index >= 15 is 0 Å². The molecule has 0 aromatic heterocycles. The number of hydrogen-bond acceptors (Lipinski definition) is 10. The monoisotopic (exact) mass is 706 g/mol. The molecule has 0 fully saturated rings. The van der Waals surface area contributed by atoms with Gasteiger partial charge < -0.3 is 47.4 Å². The highest BCUT2D eigenvalue weighted by Crippen LogP contribution is 2.72. The fourth-order valence-corrected chi connectivity index (χ4v) is 10.4. The third-order valence-corrected chi connectivity index (χ3v) is 12.1. The summed E-state index contributed by atoms with van der Waals surface area (Å²) in [5.74, 6) is -3.57. The second kappa shape index (κ2) is 14.2. The summed E-state index contributed by atoms with van der Waals surface area (Å²) >= 11 is 0. The first-order chi connectivity index (χ1) is 24.6. The molecule has 5 rings (SSSR count). The van der Waals surface area contributed by atoms with Crippen LogP contribution in [0.5, 0.6) is 0 Å². The first-order valence-corrected chi connectivity index (χ1v) is 17.2. The predicted molar refractivity (Wildman–Crippen MR) is 194 cm³/mol. The van der Waals surface area contributed by atoms with Crippen LogP contribution in [-0.4, -0.2) is 103 Å². The molecule has 10 nitrogen and oxygen atoms in total. The van der Waals surface area contributed by atoms with E-state index in [2.05, 4.69) is 37.4 Å². The van der Waals surface area contributed by atoms with Gasteiger partial charge in [0.2, 0.25) is 11.6 Å². The molecule has 0 radical (unpaired) electrons. The molecule has 6 unspecified atom stereocenters. The van der Waals surface area contributed by atoms with E-state index in [1.54, 1.807) is 56.9 Å². The van der Waals surface area contributed by atoms with Crippen molar-refractivity contribution in [3.05, 3.63) is 110 Å². The van der Waals surface area contributed by atoms with Crippen molar-refractivity contribution in [1.29, 1.82) is 0 Å². The highest BCUT2D eigenvalue weighted by Gasteiger charge is 2.87. The Kier molecular flexibility index (Phi) is 10.9. The van der Waals surface area contributed by atoms with Gasteiger partial charge in [-0.3, -0.25) is 0 Å². The molecule has 0 amide bonds. The molecule has 278 valence electrons. The Balaban J connectivity index is 2.18. The largest absolute Gasteiger partial charge is 0.491 e. The Bertz CT molecular complexity index is 1500. The summed E-state index contributed by atoms with van der Waals surface area (Å²) in [5, 5.41) is 0. The summed E-state index contributed by atoms with van der Waals surface area (Å²) < 4.78 is 67.0. The molecule has 0 N–H and O–H groups in total. The lowest BCUT2D eigenvalue weighted by Gasteiger charge is -2.70. The number of benzene rings is 2. The van der Waals surface area contributed by atoms with Gasteiger partial charge in [-0.25, -0.2) is 0 Å². The zero-order valence-corrected chi connectivity index (χ0v) is 31.6. The van der Waals surface area contributed by atoms with E-state index < -0.39 is 51.6 Å². The van der Waals surface area contributed by atoms with Gasteiger partial charge in [0.25, 0.3) is 0 Å². The number of methoxy groups -OCH3 is 8. The van der Waals surface area contributed by atoms with Crippen molar-refractivity contribution in [2.24, 2.45) is 0 Å². The molecule has 0 bridgehead atoms. The van der Waals surface area contributed by atoms with Crippen LogP contribution in [0.3, 0.4) is 0 Å². The zero-order valence-electron chi connectivity index (χ0n) is 31.6. The second-order valence-electron chi connectivity index (χ2n) is 12.8. The molecular formula is C41H54O10. The van der Waals surface area contributed by atoms with Crippen molar-refractivity contribution in [2.45, 2.75) is 78.3 Å². The predicted octanol–water partition coefficient (Wildman–Crippen LogP) is 6.49. The van der Waals surface area contributed by atoms with Crippen molar-refractivity contribution in [3.63, 3.8) is 0 Å². The van der Waals surface area contributed by atoms with Crippen LogP contribution >= 0.6 is 0 Å². The summed E-state index contributed by atoms with van der Waals surface area (Å²) in [4.78, 5) is 0. The van der Waals surface area contributed by atoms with Gasteiger partial charge in [0.1, 0.15) is 0 Å². The highest BCUT2D eigenvalue weighted by atomic mass is 16.8. The van der Waals surface area contributed by atoms with Gasteiger partial charge in [0, 0.05) is 56.9 Å². The molecule has 3 aliphatic carbocycles. The van der Waals surface area contributed by atoms with E-state index in [1.165, 1.54) is 12.5 Å². The van der Waals surface area contributed by atoms with Crippen LogP contribution in [0.25, 0.3) is 11.1 Å². The third-order valence-electron chi connectivity index (χ3n) is 12.1. The van der Waals surface area contributed by atoms with E-state index in [4.69, 9.17) is 47.4 Å². The molecule has 2 aromatic rings. The Hall–Kier alpha value is -3.32. The molecule has 0 aliphatic heterocycles. The van der Waals surface area contributed by atoms with E-state index in [1.807, 2.05) is 62.4 Å². The van der Waals surface area contributed by atoms with Crippen molar-refractivity contribution in [3.8, 4) is 11.1 Å². The van der Waals surface area contributed by atoms with Gasteiger partial charge >= 0.3 is 0 Å². The van der Waals surface area contributed by atoms with Crippen LogP contribution < -0.4 is 0 Å². The molecular weight excluding hydrogens is 652 g/mol. The maximum absolute atomic E-state index is 7.12. The lowest BCUT2D eigenvalue weighted by atomic mass is 9.45. The molecule has 0 spiro atoms. The number of fused-ring (bicyclic) bond motifs is 3. The quantitative estimate of drug-likeness (QED) is 0.110. The number of rotatable bonds is 16. The standard InChI is InChI=1S/C41H54O10/c1-13-35(42-5)33(50-15-3)25-27-37(44-7,40(35,46-9)47-10)39(31-23-19-17-21-29(31)30-22-18-20-24-32(30)39)38(45-8)28-26-34(51-16-4)36(14-2,43-6)41(38,48-11)49-12/h15-28,33-34H,3-4,13-14H2,1-2,5-12H3. The van der Waals surface area contributed by atoms with Crippen molar-refractivity contribution in [1.82, 2.24) is 0 Å². The van der Waals surface area contributed by atoms with Gasteiger partial charge in [-0.2, -0.15) is 0 Å². The smallest absolute Gasteiger partial charge is 0.236 e. The minimum absolute atomic E-state index is 0.361. The summed E-state index contributed by atoms with van der Waals surface area (Å²) in [7, 11) is 12.8. The number of ether oxygens (including phenoxy) is 10. The molecule has 0 heterocycles. The van der Waals surface area contributed by atoms with E-state index in [9.17, 15) is 0 Å². The van der Waals surface area contributed by atoms with Crippen LogP contribution in [0, 0.1) is 0 Å². The average molecular weight is 707 g/mol. The fourth-order valence-electron chi connectivity index (χ4n) is 10.4. The Labute approximate surface area is 302 Å². The fraction of sp³-hybridized carbons (Fsp3) is 0.512. The van der Waals surface area contributed by atoms with Crippen LogP contribution in [0.15, 0.2) is 98.5 Å². The molecule has 0 saturated carbocycles. The maximum atomic E-state index is 7.12. The van der Waals surface area contributed by atoms with E-state index in [-0.39, 0.29) is 0 Å². The first kappa shape index (κ1) is 38.9. The lowest BCUT2D eigenvalue weighted by Crippen LogP contribution is -2.88. The molecule has 6 atom stereocenters. The Morgan fingerprint density at radius 3 is 1.16 bits per heavy atom. The molecule has 51 heavy (non-hydrogen) atoms. The molecule has 10 heteroatoms. The molecule has 2 aromatic carbocycles. The highest BCUT2D eigenvalue weighted by molar-refractivity contribution is 5.85. The Morgan fingerprint density at radius 1 is 0.529 bits per heavy atom. The van der Waals surface area contributed by atoms with Gasteiger partial charge in [-0.1, -0.05) is 75.5 Å². The maximum Gasteiger partial charge on any atom is 0.236 e.